The molecule has 3 aromatic carbocycles. The van der Waals surface area contributed by atoms with Crippen LogP contribution in [0.25, 0.3) is 11.3 Å². The molecule has 4 aromatic rings. The smallest absolute Gasteiger partial charge is 0.250 e. The van der Waals surface area contributed by atoms with Crippen LogP contribution < -0.4 is 10.6 Å². The van der Waals surface area contributed by atoms with Crippen LogP contribution in [-0.4, -0.2) is 77.0 Å². The van der Waals surface area contributed by atoms with Gasteiger partial charge < -0.3 is 30.1 Å². The van der Waals surface area contributed by atoms with Gasteiger partial charge in [-0.1, -0.05) is 53.8 Å². The SMILES string of the molecule is COCC(=O)N[C@H](C(=O)N1CCOC[C@@H]1C(=O)Nc1ccc(C#Cc2cn(C)nc2-c2cc(Cl)ccc2O)cc1)c1ccccc1. The average molecular weight is 642 g/mol. The minimum absolute atomic E-state index is 0.00425. The Morgan fingerprint density at radius 2 is 1.87 bits per heavy atom. The molecule has 1 saturated heterocycles. The fourth-order valence-corrected chi connectivity index (χ4v) is 5.17. The molecule has 1 aliphatic rings. The standard InChI is InChI=1S/C34H32ClN5O6/c1-39-19-24(31(38-39)27-18-25(35)12-15-29(27)41)11-8-22-9-13-26(14-10-22)36-33(43)28-20-46-17-16-40(28)34(44)32(37-30(42)21-45-2)23-6-4-3-5-7-23/h3-7,9-10,12-15,18-19,28,32,41H,16-17,20-21H2,1-2H3,(H,36,43)(H,37,42)/t28-,32+/m1/s1. The summed E-state index contributed by atoms with van der Waals surface area (Å²) in [7, 11) is 3.16. The average Bonchev–Trinajstić information content (AvgIpc) is 3.44. The number of ether oxygens (including phenoxy) is 2. The third kappa shape index (κ3) is 7.73. The molecule has 46 heavy (non-hydrogen) atoms. The van der Waals surface area contributed by atoms with Crippen molar-refractivity contribution in [3.63, 3.8) is 0 Å². The molecule has 0 aliphatic carbocycles. The maximum absolute atomic E-state index is 13.8. The van der Waals surface area contributed by atoms with Crippen molar-refractivity contribution >= 4 is 35.0 Å². The molecule has 3 amide bonds. The van der Waals surface area contributed by atoms with E-state index in [4.69, 9.17) is 21.1 Å². The number of halogens is 1. The maximum Gasteiger partial charge on any atom is 0.250 e. The molecule has 12 heteroatoms. The number of rotatable bonds is 8. The van der Waals surface area contributed by atoms with Gasteiger partial charge >= 0.3 is 0 Å². The van der Waals surface area contributed by atoms with E-state index < -0.39 is 29.8 Å². The molecule has 0 bridgehead atoms. The van der Waals surface area contributed by atoms with E-state index in [-0.39, 0.29) is 32.1 Å². The number of phenols is 1. The quantitative estimate of drug-likeness (QED) is 0.251. The van der Waals surface area contributed by atoms with Gasteiger partial charge in [0.2, 0.25) is 11.8 Å². The highest BCUT2D eigenvalue weighted by atomic mass is 35.5. The van der Waals surface area contributed by atoms with Gasteiger partial charge in [0.25, 0.3) is 5.91 Å². The second-order valence-corrected chi connectivity index (χ2v) is 10.9. The Balaban J connectivity index is 1.30. The summed E-state index contributed by atoms with van der Waals surface area (Å²) in [4.78, 5) is 41.0. The van der Waals surface area contributed by atoms with E-state index >= 15 is 0 Å². The Morgan fingerprint density at radius 3 is 2.61 bits per heavy atom. The van der Waals surface area contributed by atoms with Gasteiger partial charge in [0.15, 0.2) is 0 Å². The third-order valence-electron chi connectivity index (χ3n) is 7.21. The van der Waals surface area contributed by atoms with Gasteiger partial charge in [-0.15, -0.1) is 0 Å². The highest BCUT2D eigenvalue weighted by molar-refractivity contribution is 6.31. The number of nitrogens with one attached hydrogen (secondary N) is 2. The number of methoxy groups -OCH3 is 1. The van der Waals surface area contributed by atoms with Gasteiger partial charge in [-0.3, -0.25) is 19.1 Å². The lowest BCUT2D eigenvalue weighted by atomic mass is 10.0. The van der Waals surface area contributed by atoms with Crippen LogP contribution in [0.2, 0.25) is 5.02 Å². The predicted octanol–water partition coefficient (Wildman–Crippen LogP) is 3.52. The van der Waals surface area contributed by atoms with Crippen molar-refractivity contribution in [3.05, 3.63) is 101 Å². The van der Waals surface area contributed by atoms with Crippen LogP contribution in [0.1, 0.15) is 22.7 Å². The van der Waals surface area contributed by atoms with Crippen molar-refractivity contribution in [2.75, 3.05) is 38.8 Å². The van der Waals surface area contributed by atoms with E-state index in [1.54, 1.807) is 78.6 Å². The van der Waals surface area contributed by atoms with Crippen molar-refractivity contribution in [3.8, 4) is 28.8 Å². The Bertz CT molecular complexity index is 1780. The normalized spacial score (nSPS) is 14.9. The van der Waals surface area contributed by atoms with Crippen LogP contribution in [-0.2, 0) is 30.9 Å². The minimum Gasteiger partial charge on any atom is -0.507 e. The molecule has 1 aliphatic heterocycles. The fourth-order valence-electron chi connectivity index (χ4n) is 5.00. The Labute approximate surface area is 271 Å². The lowest BCUT2D eigenvalue weighted by Gasteiger charge is -2.37. The summed E-state index contributed by atoms with van der Waals surface area (Å²) in [6.45, 7) is 0.230. The zero-order chi connectivity index (χ0) is 32.6. The topological polar surface area (TPSA) is 135 Å². The van der Waals surface area contributed by atoms with Gasteiger partial charge in [-0.25, -0.2) is 0 Å². The molecule has 3 N–H and O–H groups in total. The molecule has 0 saturated carbocycles. The number of hydrogen-bond acceptors (Lipinski definition) is 7. The number of aryl methyl sites for hydroxylation is 1. The minimum atomic E-state index is -1.00. The maximum atomic E-state index is 13.8. The van der Waals surface area contributed by atoms with E-state index in [1.165, 1.54) is 18.1 Å². The first-order valence-electron chi connectivity index (χ1n) is 14.4. The van der Waals surface area contributed by atoms with Gasteiger partial charge in [0.05, 0.1) is 18.8 Å². The molecule has 1 fully saturated rings. The van der Waals surface area contributed by atoms with Gasteiger partial charge in [0.1, 0.15) is 30.1 Å². The number of benzene rings is 3. The van der Waals surface area contributed by atoms with E-state index in [1.807, 2.05) is 6.07 Å². The largest absolute Gasteiger partial charge is 0.507 e. The number of aromatic nitrogens is 2. The first kappa shape index (κ1) is 32.2. The summed E-state index contributed by atoms with van der Waals surface area (Å²) in [5.74, 6) is 4.92. The monoisotopic (exact) mass is 641 g/mol. The van der Waals surface area contributed by atoms with Crippen LogP contribution in [0.15, 0.2) is 79.0 Å². The van der Waals surface area contributed by atoms with E-state index in [9.17, 15) is 19.5 Å². The van der Waals surface area contributed by atoms with Crippen LogP contribution >= 0.6 is 11.6 Å². The number of phenolic OH excluding ortho intramolecular Hbond substituents is 1. The van der Waals surface area contributed by atoms with Crippen molar-refractivity contribution in [1.29, 1.82) is 0 Å². The summed E-state index contributed by atoms with van der Waals surface area (Å²) in [5, 5.41) is 20.8. The van der Waals surface area contributed by atoms with Crippen molar-refractivity contribution in [2.24, 2.45) is 7.05 Å². The molecule has 0 unspecified atom stereocenters. The van der Waals surface area contributed by atoms with Gasteiger partial charge in [-0.05, 0) is 48.0 Å². The molecule has 5 rings (SSSR count). The first-order chi connectivity index (χ1) is 22.2. The Hall–Kier alpha value is -5.15. The van der Waals surface area contributed by atoms with E-state index in [0.717, 1.165) is 0 Å². The van der Waals surface area contributed by atoms with Crippen molar-refractivity contribution in [1.82, 2.24) is 20.0 Å². The molecule has 2 atom stereocenters. The molecule has 236 valence electrons. The number of nitrogens with zero attached hydrogens (tertiary/aromatic N) is 3. The molecule has 2 heterocycles. The highest BCUT2D eigenvalue weighted by Crippen LogP contribution is 2.32. The number of amides is 3. The lowest BCUT2D eigenvalue weighted by molar-refractivity contribution is -0.149. The van der Waals surface area contributed by atoms with Gasteiger partial charge in [-0.2, -0.15) is 5.10 Å². The molecule has 11 nitrogen and oxygen atoms in total. The Morgan fingerprint density at radius 1 is 1.11 bits per heavy atom. The van der Waals surface area contributed by atoms with Crippen LogP contribution in [0, 0.1) is 11.8 Å². The summed E-state index contributed by atoms with van der Waals surface area (Å²) in [6.07, 6.45) is 1.75. The Kier molecular flexibility index (Phi) is 10.3. The molecular weight excluding hydrogens is 610 g/mol. The summed E-state index contributed by atoms with van der Waals surface area (Å²) in [6, 6.07) is 18.6. The number of carbonyl (C=O) groups excluding carboxylic acids is 3. The molecule has 0 radical (unpaired) electrons. The molecule has 1 aromatic heterocycles. The van der Waals surface area contributed by atoms with E-state index in [2.05, 4.69) is 27.6 Å². The predicted molar refractivity (Wildman–Crippen MR) is 172 cm³/mol. The molecule has 0 spiro atoms. The molecular formula is C34H32ClN5O6. The second-order valence-electron chi connectivity index (χ2n) is 10.5. The summed E-state index contributed by atoms with van der Waals surface area (Å²) in [5.41, 5.74) is 3.35. The number of hydrogen-bond donors (Lipinski definition) is 3. The van der Waals surface area contributed by atoms with Gasteiger partial charge in [0, 0.05) is 48.7 Å². The zero-order valence-electron chi connectivity index (χ0n) is 25.2. The lowest BCUT2D eigenvalue weighted by Crippen LogP contribution is -2.57. The number of carbonyl (C=O) groups is 3. The summed E-state index contributed by atoms with van der Waals surface area (Å²) < 4.78 is 12.1. The highest BCUT2D eigenvalue weighted by Gasteiger charge is 2.37. The summed E-state index contributed by atoms with van der Waals surface area (Å²) >= 11 is 6.13. The third-order valence-corrected chi connectivity index (χ3v) is 7.45. The second kappa shape index (κ2) is 14.8. The van der Waals surface area contributed by atoms with Crippen molar-refractivity contribution < 1.29 is 29.0 Å². The number of anilines is 1. The number of aromatic hydroxyl groups is 1. The van der Waals surface area contributed by atoms with Crippen molar-refractivity contribution in [2.45, 2.75) is 12.1 Å². The first-order valence-corrected chi connectivity index (χ1v) is 14.8. The van der Waals surface area contributed by atoms with E-state index in [0.29, 0.717) is 38.7 Å². The van der Waals surface area contributed by atoms with Crippen LogP contribution in [0.4, 0.5) is 5.69 Å². The number of morpholine rings is 1. The fraction of sp³-hybridized carbons (Fsp3) is 0.235. The zero-order valence-corrected chi connectivity index (χ0v) is 26.0. The van der Waals surface area contributed by atoms with Crippen LogP contribution in [0.5, 0.6) is 5.75 Å². The van der Waals surface area contributed by atoms with Crippen LogP contribution in [0.3, 0.4) is 0 Å².